The van der Waals surface area contributed by atoms with Crippen LogP contribution in [0.1, 0.15) is 45.3 Å². The quantitative estimate of drug-likeness (QED) is 0.196. The van der Waals surface area contributed by atoms with Crippen molar-refractivity contribution in [1.82, 2.24) is 4.90 Å². The van der Waals surface area contributed by atoms with Gasteiger partial charge in [-0.1, -0.05) is 69.2 Å². The first-order valence-electron chi connectivity index (χ1n) is 10.0. The number of amides is 1. The number of nitro groups is 1. The molecule has 1 aliphatic rings. The van der Waals surface area contributed by atoms with E-state index >= 15 is 0 Å². The maximum atomic E-state index is 12.9. The van der Waals surface area contributed by atoms with Gasteiger partial charge in [-0.3, -0.25) is 19.8 Å². The number of hydrogen-bond donors (Lipinski definition) is 0. The van der Waals surface area contributed by atoms with Crippen LogP contribution in [0.2, 0.25) is 0 Å². The number of nitro benzene ring substituents is 1. The fraction of sp³-hybridized carbons (Fsp3) is 0.364. The fourth-order valence-corrected chi connectivity index (χ4v) is 4.63. The third kappa shape index (κ3) is 4.99. The molecule has 158 valence electrons. The van der Waals surface area contributed by atoms with Gasteiger partial charge in [0.05, 0.1) is 15.4 Å². The highest BCUT2D eigenvalue weighted by atomic mass is 32.2. The molecule has 0 unspecified atom stereocenters. The number of para-hydroxylation sites is 1. The summed E-state index contributed by atoms with van der Waals surface area (Å²) in [5, 5.41) is 11.3. The number of carbonyl (C=O) groups excluding carboxylic acids is 1. The summed E-state index contributed by atoms with van der Waals surface area (Å²) < 4.78 is 6.35. The second-order valence-corrected chi connectivity index (χ2v) is 8.86. The lowest BCUT2D eigenvalue weighted by Gasteiger charge is -2.21. The molecule has 1 amide bonds. The Morgan fingerprint density at radius 1 is 1.27 bits per heavy atom. The molecule has 1 fully saturated rings. The Labute approximate surface area is 185 Å². The number of nitrogens with zero attached hydrogens (tertiary/aromatic N) is 2. The maximum Gasteiger partial charge on any atom is 0.280 e. The van der Waals surface area contributed by atoms with E-state index in [1.165, 1.54) is 17.8 Å². The molecule has 1 aromatic heterocycles. The van der Waals surface area contributed by atoms with Crippen molar-refractivity contribution >= 4 is 46.0 Å². The molecular formula is C22H24N2O4S2. The zero-order valence-electron chi connectivity index (χ0n) is 17.0. The van der Waals surface area contributed by atoms with Crippen LogP contribution >= 0.6 is 24.0 Å². The van der Waals surface area contributed by atoms with E-state index in [4.69, 9.17) is 16.6 Å². The van der Waals surface area contributed by atoms with Gasteiger partial charge < -0.3 is 4.42 Å². The Kier molecular flexibility index (Phi) is 7.44. The summed E-state index contributed by atoms with van der Waals surface area (Å²) in [6, 6.07) is 9.79. The van der Waals surface area contributed by atoms with Crippen LogP contribution < -0.4 is 0 Å². The monoisotopic (exact) mass is 444 g/mol. The van der Waals surface area contributed by atoms with Crippen LogP contribution in [-0.4, -0.2) is 26.6 Å². The van der Waals surface area contributed by atoms with E-state index in [-0.39, 0.29) is 11.6 Å². The Morgan fingerprint density at radius 2 is 2.03 bits per heavy atom. The highest BCUT2D eigenvalue weighted by Crippen LogP contribution is 2.36. The second kappa shape index (κ2) is 10.0. The molecule has 30 heavy (non-hydrogen) atoms. The van der Waals surface area contributed by atoms with Gasteiger partial charge in [0.15, 0.2) is 0 Å². The molecule has 1 aliphatic heterocycles. The molecule has 0 saturated carbocycles. The van der Waals surface area contributed by atoms with E-state index in [2.05, 4.69) is 13.8 Å². The van der Waals surface area contributed by atoms with Gasteiger partial charge in [-0.25, -0.2) is 0 Å². The molecule has 0 radical (unpaired) electrons. The number of thiocarbonyl (C=S) groups is 1. The lowest BCUT2D eigenvalue weighted by molar-refractivity contribution is -0.384. The maximum absolute atomic E-state index is 12.9. The van der Waals surface area contributed by atoms with Gasteiger partial charge in [-0.05, 0) is 30.5 Å². The summed E-state index contributed by atoms with van der Waals surface area (Å²) in [7, 11) is 0. The molecule has 2 heterocycles. The van der Waals surface area contributed by atoms with Crippen LogP contribution in [-0.2, 0) is 4.79 Å². The molecular weight excluding hydrogens is 420 g/mol. The van der Waals surface area contributed by atoms with Gasteiger partial charge in [0.25, 0.3) is 11.6 Å². The minimum absolute atomic E-state index is 0.0255. The molecule has 0 bridgehead atoms. The number of thioether (sulfide) groups is 1. The lowest BCUT2D eigenvalue weighted by Crippen LogP contribution is -2.33. The zero-order valence-corrected chi connectivity index (χ0v) is 18.6. The molecule has 0 spiro atoms. The first-order valence-corrected chi connectivity index (χ1v) is 11.3. The molecule has 8 heteroatoms. The number of rotatable bonds is 9. The van der Waals surface area contributed by atoms with Crippen molar-refractivity contribution in [3.8, 4) is 11.3 Å². The van der Waals surface area contributed by atoms with Crippen molar-refractivity contribution in [1.29, 1.82) is 0 Å². The number of carbonyl (C=O) groups is 1. The summed E-state index contributed by atoms with van der Waals surface area (Å²) in [5.74, 6) is 1.17. The number of hydrogen-bond acceptors (Lipinski definition) is 6. The first-order chi connectivity index (χ1) is 14.4. The summed E-state index contributed by atoms with van der Waals surface area (Å²) >= 11 is 6.71. The van der Waals surface area contributed by atoms with E-state index in [0.717, 1.165) is 25.7 Å². The summed E-state index contributed by atoms with van der Waals surface area (Å²) in [6.07, 6.45) is 6.03. The standard InChI is InChI=1S/C22H24N2O4S2/c1-3-5-8-15(4-2)14-23-21(25)20(30-22(23)29)13-16-11-12-19(28-16)17-9-6-7-10-18(17)24(26)27/h6-7,9-13,15H,3-5,8,14H2,1-2H3/b20-13-/t15-/m0/s1. The van der Waals surface area contributed by atoms with E-state index in [0.29, 0.717) is 38.8 Å². The van der Waals surface area contributed by atoms with Crippen molar-refractivity contribution in [3.63, 3.8) is 0 Å². The molecule has 0 N–H and O–H groups in total. The van der Waals surface area contributed by atoms with E-state index in [1.807, 2.05) is 0 Å². The van der Waals surface area contributed by atoms with Crippen molar-refractivity contribution in [2.45, 2.75) is 39.5 Å². The second-order valence-electron chi connectivity index (χ2n) is 7.19. The van der Waals surface area contributed by atoms with Crippen LogP contribution in [0.4, 0.5) is 5.69 Å². The van der Waals surface area contributed by atoms with E-state index < -0.39 is 4.92 Å². The lowest BCUT2D eigenvalue weighted by atomic mass is 9.99. The minimum atomic E-state index is -0.439. The van der Waals surface area contributed by atoms with E-state index in [9.17, 15) is 14.9 Å². The van der Waals surface area contributed by atoms with Crippen molar-refractivity contribution in [3.05, 3.63) is 57.2 Å². The van der Waals surface area contributed by atoms with Crippen molar-refractivity contribution in [2.75, 3.05) is 6.54 Å². The van der Waals surface area contributed by atoms with Crippen LogP contribution in [0, 0.1) is 16.0 Å². The average Bonchev–Trinajstić information content (AvgIpc) is 3.30. The summed E-state index contributed by atoms with van der Waals surface area (Å²) in [5.41, 5.74) is 0.374. The third-order valence-corrected chi connectivity index (χ3v) is 6.50. The van der Waals surface area contributed by atoms with Gasteiger partial charge in [0.1, 0.15) is 15.8 Å². The molecule has 3 rings (SSSR count). The predicted octanol–water partition coefficient (Wildman–Crippen LogP) is 6.27. The van der Waals surface area contributed by atoms with Crippen LogP contribution in [0.3, 0.4) is 0 Å². The van der Waals surface area contributed by atoms with Crippen LogP contribution in [0.5, 0.6) is 0 Å². The number of furan rings is 1. The average molecular weight is 445 g/mol. The van der Waals surface area contributed by atoms with Gasteiger partial charge >= 0.3 is 0 Å². The Bertz CT molecular complexity index is 983. The SMILES string of the molecule is CCCC[C@H](CC)CN1C(=O)/C(=C/c2ccc(-c3ccccc3[N+](=O)[O-])o2)SC1=S. The Morgan fingerprint density at radius 3 is 2.73 bits per heavy atom. The summed E-state index contributed by atoms with van der Waals surface area (Å²) in [6.45, 7) is 4.94. The van der Waals surface area contributed by atoms with Crippen LogP contribution in [0.15, 0.2) is 45.7 Å². The fourth-order valence-electron chi connectivity index (χ4n) is 3.38. The Balaban J connectivity index is 1.78. The smallest absolute Gasteiger partial charge is 0.280 e. The van der Waals surface area contributed by atoms with Gasteiger partial charge in [-0.15, -0.1) is 0 Å². The number of unbranched alkanes of at least 4 members (excludes halogenated alkanes) is 1. The highest BCUT2D eigenvalue weighted by Gasteiger charge is 2.33. The topological polar surface area (TPSA) is 76.6 Å². The van der Waals surface area contributed by atoms with Crippen LogP contribution in [0.25, 0.3) is 17.4 Å². The van der Waals surface area contributed by atoms with E-state index in [1.54, 1.807) is 41.3 Å². The number of benzene rings is 1. The first kappa shape index (κ1) is 22.2. The summed E-state index contributed by atoms with van der Waals surface area (Å²) in [4.78, 5) is 25.9. The van der Waals surface area contributed by atoms with Crippen molar-refractivity contribution < 1.29 is 14.1 Å². The largest absolute Gasteiger partial charge is 0.456 e. The molecule has 1 atom stereocenters. The highest BCUT2D eigenvalue weighted by molar-refractivity contribution is 8.26. The molecule has 0 aliphatic carbocycles. The van der Waals surface area contributed by atoms with Crippen molar-refractivity contribution in [2.24, 2.45) is 5.92 Å². The molecule has 6 nitrogen and oxygen atoms in total. The minimum Gasteiger partial charge on any atom is -0.456 e. The molecule has 1 saturated heterocycles. The zero-order chi connectivity index (χ0) is 21.7. The molecule has 2 aromatic rings. The predicted molar refractivity (Wildman–Crippen MR) is 124 cm³/mol. The third-order valence-electron chi connectivity index (χ3n) is 5.12. The van der Waals surface area contributed by atoms with Gasteiger partial charge in [0.2, 0.25) is 0 Å². The Hall–Kier alpha value is -2.45. The normalized spacial score (nSPS) is 16.5. The van der Waals surface area contributed by atoms with Gasteiger partial charge in [0, 0.05) is 18.7 Å². The molecule has 1 aromatic carbocycles. The van der Waals surface area contributed by atoms with Gasteiger partial charge in [-0.2, -0.15) is 0 Å².